The van der Waals surface area contributed by atoms with E-state index < -0.39 is 0 Å². The molecule has 2 aliphatic heterocycles. The molecule has 2 heterocycles. The lowest BCUT2D eigenvalue weighted by atomic mass is 9.70. The average Bonchev–Trinajstić information content (AvgIpc) is 3.43. The Kier molecular flexibility index (Phi) is 4.25. The van der Waals surface area contributed by atoms with E-state index in [9.17, 15) is 14.9 Å². The average molecular weight is 428 g/mol. The van der Waals surface area contributed by atoms with Gasteiger partial charge in [-0.2, -0.15) is 0 Å². The summed E-state index contributed by atoms with van der Waals surface area (Å²) < 4.78 is 0. The normalized spacial score (nSPS) is 28.8. The summed E-state index contributed by atoms with van der Waals surface area (Å²) >= 11 is 0. The fourth-order valence-electron chi connectivity index (χ4n) is 6.45. The van der Waals surface area contributed by atoms with Crippen molar-refractivity contribution < 1.29 is 9.72 Å². The molecule has 0 spiro atoms. The van der Waals surface area contributed by atoms with Crippen LogP contribution in [0.2, 0.25) is 0 Å². The number of benzene rings is 2. The first-order valence-corrected chi connectivity index (χ1v) is 11.3. The number of nitro benzene ring substituents is 1. The number of nitro groups is 1. The van der Waals surface area contributed by atoms with Crippen molar-refractivity contribution in [1.29, 1.82) is 0 Å². The van der Waals surface area contributed by atoms with Crippen molar-refractivity contribution in [3.8, 4) is 0 Å². The minimum Gasteiger partial charge on any atom is -0.363 e. The molecule has 32 heavy (non-hydrogen) atoms. The standard InChI is InChI=1S/C26H25N3O3/c1-15(30)27-18-12-23-20-8-3-6-17(20)14-28-25(16-5-2-7-19(11-16)29(31)32)22-10-4-9-21(22)24(13-18)26(23)28/h2-5,7-9,11-13,17,20-22,25H,6,10,14H2,1H3,(H,27,30)/t17-,20+,21+,22-,25+/m1/s1. The van der Waals surface area contributed by atoms with Crippen LogP contribution < -0.4 is 10.2 Å². The van der Waals surface area contributed by atoms with Crippen molar-refractivity contribution in [1.82, 2.24) is 0 Å². The van der Waals surface area contributed by atoms with Gasteiger partial charge in [0.1, 0.15) is 0 Å². The third-order valence-electron chi connectivity index (χ3n) is 7.59. The third kappa shape index (κ3) is 2.82. The first-order chi connectivity index (χ1) is 15.5. The topological polar surface area (TPSA) is 75.5 Å². The molecule has 4 aliphatic rings. The second-order valence-corrected chi connectivity index (χ2v) is 9.44. The molecule has 0 aromatic heterocycles. The number of allylic oxidation sites excluding steroid dienone is 4. The zero-order valence-corrected chi connectivity index (χ0v) is 17.9. The highest BCUT2D eigenvalue weighted by Crippen LogP contribution is 2.59. The van der Waals surface area contributed by atoms with Crippen molar-refractivity contribution in [2.75, 3.05) is 16.8 Å². The van der Waals surface area contributed by atoms with Gasteiger partial charge in [0.15, 0.2) is 0 Å². The summed E-state index contributed by atoms with van der Waals surface area (Å²) in [6, 6.07) is 11.6. The fraction of sp³-hybridized carbons (Fsp3) is 0.346. The van der Waals surface area contributed by atoms with Gasteiger partial charge in [-0.05, 0) is 53.5 Å². The van der Waals surface area contributed by atoms with Crippen LogP contribution in [-0.2, 0) is 4.79 Å². The first-order valence-electron chi connectivity index (χ1n) is 11.3. The van der Waals surface area contributed by atoms with Gasteiger partial charge in [0.2, 0.25) is 5.91 Å². The van der Waals surface area contributed by atoms with E-state index in [2.05, 4.69) is 46.7 Å². The molecule has 2 aromatic rings. The van der Waals surface area contributed by atoms with Gasteiger partial charge in [0.05, 0.1) is 11.0 Å². The van der Waals surface area contributed by atoms with E-state index in [0.29, 0.717) is 17.8 Å². The Morgan fingerprint density at radius 2 is 1.84 bits per heavy atom. The number of carbonyl (C=O) groups is 1. The highest BCUT2D eigenvalue weighted by atomic mass is 16.6. The van der Waals surface area contributed by atoms with Crippen LogP contribution in [0.5, 0.6) is 0 Å². The third-order valence-corrected chi connectivity index (χ3v) is 7.59. The van der Waals surface area contributed by atoms with Crippen molar-refractivity contribution in [3.63, 3.8) is 0 Å². The van der Waals surface area contributed by atoms with Crippen molar-refractivity contribution in [2.24, 2.45) is 11.8 Å². The maximum absolute atomic E-state index is 11.8. The number of nitrogens with zero attached hydrogens (tertiary/aromatic N) is 2. The summed E-state index contributed by atoms with van der Waals surface area (Å²) in [7, 11) is 0. The van der Waals surface area contributed by atoms with E-state index >= 15 is 0 Å². The van der Waals surface area contributed by atoms with Crippen LogP contribution in [-0.4, -0.2) is 17.4 Å². The molecule has 6 heteroatoms. The summed E-state index contributed by atoms with van der Waals surface area (Å²) in [4.78, 5) is 25.5. The summed E-state index contributed by atoms with van der Waals surface area (Å²) in [5.74, 6) is 1.32. The molecule has 2 aromatic carbocycles. The largest absolute Gasteiger partial charge is 0.363 e. The number of amides is 1. The van der Waals surface area contributed by atoms with Gasteiger partial charge in [-0.1, -0.05) is 36.4 Å². The van der Waals surface area contributed by atoms with Crippen LogP contribution in [0.4, 0.5) is 17.1 Å². The molecule has 2 aliphatic carbocycles. The number of nitrogens with one attached hydrogen (secondary N) is 1. The minimum atomic E-state index is -0.303. The van der Waals surface area contributed by atoms with Crippen LogP contribution in [0.25, 0.3) is 0 Å². The lowest BCUT2D eigenvalue weighted by Gasteiger charge is -2.51. The molecule has 0 unspecified atom stereocenters. The predicted octanol–water partition coefficient (Wildman–Crippen LogP) is 5.45. The highest BCUT2D eigenvalue weighted by molar-refractivity contribution is 5.90. The SMILES string of the molecule is CC(=O)Nc1cc2c3c(c1)[C@H]1C=CC[C@H]1[C@H](c1cccc([N+](=O)[O-])c1)N3C[C@H]1CC=C[C@H]21. The Bertz CT molecular complexity index is 1180. The number of rotatable bonds is 3. The lowest BCUT2D eigenvalue weighted by molar-refractivity contribution is -0.384. The molecule has 162 valence electrons. The van der Waals surface area contributed by atoms with Gasteiger partial charge in [-0.25, -0.2) is 0 Å². The van der Waals surface area contributed by atoms with Crippen LogP contribution in [0.1, 0.15) is 54.3 Å². The molecule has 0 bridgehead atoms. The Labute approximate surface area is 186 Å². The van der Waals surface area contributed by atoms with Gasteiger partial charge in [-0.3, -0.25) is 14.9 Å². The molecule has 1 amide bonds. The predicted molar refractivity (Wildman–Crippen MR) is 124 cm³/mol. The molecular formula is C26H25N3O3. The van der Waals surface area contributed by atoms with Crippen molar-refractivity contribution in [3.05, 3.63) is 87.5 Å². The maximum atomic E-state index is 11.8. The van der Waals surface area contributed by atoms with Crippen LogP contribution >= 0.6 is 0 Å². The number of hydrogen-bond acceptors (Lipinski definition) is 4. The second kappa shape index (κ2) is 7.05. The monoisotopic (exact) mass is 427 g/mol. The molecule has 6 rings (SSSR count). The van der Waals surface area contributed by atoms with E-state index in [1.54, 1.807) is 19.1 Å². The molecule has 0 saturated carbocycles. The Balaban J connectivity index is 1.56. The number of carbonyl (C=O) groups excluding carboxylic acids is 1. The summed E-state index contributed by atoms with van der Waals surface area (Å²) in [5, 5.41) is 14.5. The second-order valence-electron chi connectivity index (χ2n) is 9.44. The number of anilines is 2. The van der Waals surface area contributed by atoms with E-state index in [-0.39, 0.29) is 28.5 Å². The number of non-ortho nitro benzene ring substituents is 1. The number of hydrogen-bond donors (Lipinski definition) is 1. The van der Waals surface area contributed by atoms with Crippen LogP contribution in [0.3, 0.4) is 0 Å². The summed E-state index contributed by atoms with van der Waals surface area (Å²) in [6.07, 6.45) is 11.1. The quantitative estimate of drug-likeness (QED) is 0.402. The van der Waals surface area contributed by atoms with E-state index in [1.807, 2.05) is 12.1 Å². The van der Waals surface area contributed by atoms with Gasteiger partial charge in [-0.15, -0.1) is 0 Å². The van der Waals surface area contributed by atoms with Crippen molar-refractivity contribution >= 4 is 23.0 Å². The lowest BCUT2D eigenvalue weighted by Crippen LogP contribution is -2.46. The summed E-state index contributed by atoms with van der Waals surface area (Å²) in [5.41, 5.74) is 5.83. The molecule has 5 atom stereocenters. The Hall–Kier alpha value is -3.41. The first kappa shape index (κ1) is 19.3. The minimum absolute atomic E-state index is 0.0628. The highest BCUT2D eigenvalue weighted by Gasteiger charge is 2.48. The zero-order chi connectivity index (χ0) is 22.0. The maximum Gasteiger partial charge on any atom is 0.269 e. The van der Waals surface area contributed by atoms with E-state index in [1.165, 1.54) is 16.8 Å². The summed E-state index contributed by atoms with van der Waals surface area (Å²) in [6.45, 7) is 2.49. The van der Waals surface area contributed by atoms with Gasteiger partial charge < -0.3 is 10.2 Å². The molecule has 1 N–H and O–H groups in total. The molecule has 6 nitrogen and oxygen atoms in total. The van der Waals surface area contributed by atoms with Crippen LogP contribution in [0, 0.1) is 22.0 Å². The molecule has 0 fully saturated rings. The number of fused-ring (bicyclic) bond motifs is 4. The van der Waals surface area contributed by atoms with E-state index in [0.717, 1.165) is 30.6 Å². The molecule has 0 radical (unpaired) electrons. The van der Waals surface area contributed by atoms with Crippen molar-refractivity contribution in [2.45, 2.75) is 37.6 Å². The Morgan fingerprint density at radius 1 is 1.09 bits per heavy atom. The van der Waals surface area contributed by atoms with E-state index in [4.69, 9.17) is 0 Å². The smallest absolute Gasteiger partial charge is 0.269 e. The van der Waals surface area contributed by atoms with Gasteiger partial charge >= 0.3 is 0 Å². The Morgan fingerprint density at radius 3 is 2.62 bits per heavy atom. The fourth-order valence-corrected chi connectivity index (χ4v) is 6.45. The van der Waals surface area contributed by atoms with Gasteiger partial charge in [0, 0.05) is 48.8 Å². The zero-order valence-electron chi connectivity index (χ0n) is 17.9. The molecular weight excluding hydrogens is 402 g/mol. The molecule has 0 saturated heterocycles. The van der Waals surface area contributed by atoms with Gasteiger partial charge in [0.25, 0.3) is 5.69 Å². The van der Waals surface area contributed by atoms with Crippen LogP contribution in [0.15, 0.2) is 60.7 Å².